The maximum atomic E-state index is 13.6. The van der Waals surface area contributed by atoms with E-state index in [2.05, 4.69) is 5.32 Å². The van der Waals surface area contributed by atoms with Crippen LogP contribution < -0.4 is 10.1 Å². The fourth-order valence-corrected chi connectivity index (χ4v) is 2.77. The molecule has 1 amide bonds. The highest BCUT2D eigenvalue weighted by Gasteiger charge is 2.22. The zero-order valence-corrected chi connectivity index (χ0v) is 12.8. The van der Waals surface area contributed by atoms with E-state index >= 15 is 0 Å². The Morgan fingerprint density at radius 1 is 1.22 bits per heavy atom. The number of nitrogens with one attached hydrogen (secondary N) is 2. The van der Waals surface area contributed by atoms with Crippen molar-refractivity contribution in [3.63, 3.8) is 0 Å². The SMILES string of the molecule is N=C1NC(=O)/C(=C/c2cccc(OCc3ccccc3F)c2)S1. The molecular weight excluding hydrogens is 315 g/mol. The second-order valence-corrected chi connectivity index (χ2v) is 5.90. The van der Waals surface area contributed by atoms with Gasteiger partial charge in [0.05, 0.1) is 4.91 Å². The predicted octanol–water partition coefficient (Wildman–Crippen LogP) is 3.54. The van der Waals surface area contributed by atoms with Gasteiger partial charge >= 0.3 is 0 Å². The van der Waals surface area contributed by atoms with E-state index in [-0.39, 0.29) is 23.5 Å². The average molecular weight is 328 g/mol. The largest absolute Gasteiger partial charge is 0.489 e. The number of carbonyl (C=O) groups is 1. The van der Waals surface area contributed by atoms with E-state index in [1.807, 2.05) is 6.07 Å². The smallest absolute Gasteiger partial charge is 0.264 e. The van der Waals surface area contributed by atoms with Gasteiger partial charge < -0.3 is 10.1 Å². The Bertz CT molecular complexity index is 805. The third-order valence-electron chi connectivity index (χ3n) is 3.17. The summed E-state index contributed by atoms with van der Waals surface area (Å²) >= 11 is 1.08. The molecule has 23 heavy (non-hydrogen) atoms. The Hall–Kier alpha value is -2.60. The third-order valence-corrected chi connectivity index (χ3v) is 4.00. The average Bonchev–Trinajstić information content (AvgIpc) is 2.84. The molecule has 0 spiro atoms. The molecule has 0 bridgehead atoms. The van der Waals surface area contributed by atoms with Gasteiger partial charge in [-0.1, -0.05) is 30.3 Å². The van der Waals surface area contributed by atoms with Crippen molar-refractivity contribution in [2.75, 3.05) is 0 Å². The summed E-state index contributed by atoms with van der Waals surface area (Å²) < 4.78 is 19.2. The van der Waals surface area contributed by atoms with Gasteiger partial charge in [0.1, 0.15) is 18.2 Å². The van der Waals surface area contributed by atoms with Gasteiger partial charge in [0, 0.05) is 5.56 Å². The van der Waals surface area contributed by atoms with E-state index in [0.29, 0.717) is 16.2 Å². The molecule has 1 aliphatic heterocycles. The van der Waals surface area contributed by atoms with Crippen LogP contribution in [0.5, 0.6) is 5.75 Å². The molecule has 116 valence electrons. The van der Waals surface area contributed by atoms with Crippen LogP contribution in [0, 0.1) is 11.2 Å². The number of hydrogen-bond donors (Lipinski definition) is 2. The van der Waals surface area contributed by atoms with Crippen LogP contribution in [0.4, 0.5) is 4.39 Å². The summed E-state index contributed by atoms with van der Waals surface area (Å²) in [6, 6.07) is 13.6. The van der Waals surface area contributed by atoms with Crippen molar-refractivity contribution in [2.24, 2.45) is 0 Å². The lowest BCUT2D eigenvalue weighted by molar-refractivity contribution is -0.115. The van der Waals surface area contributed by atoms with Crippen LogP contribution in [0.1, 0.15) is 11.1 Å². The van der Waals surface area contributed by atoms with Crippen LogP contribution in [0.3, 0.4) is 0 Å². The highest BCUT2D eigenvalue weighted by Crippen LogP contribution is 2.26. The number of halogens is 1. The number of carbonyl (C=O) groups excluding carboxylic acids is 1. The van der Waals surface area contributed by atoms with E-state index < -0.39 is 0 Å². The maximum absolute atomic E-state index is 13.6. The molecular formula is C17H13FN2O2S. The van der Waals surface area contributed by atoms with E-state index in [4.69, 9.17) is 10.1 Å². The van der Waals surface area contributed by atoms with Crippen molar-refractivity contribution >= 4 is 28.9 Å². The standard InChI is InChI=1S/C17H13FN2O2S/c18-14-7-2-1-5-12(14)10-22-13-6-3-4-11(8-13)9-15-16(21)20-17(19)23-15/h1-9H,10H2,(H2,19,20,21)/b15-9-. The fourth-order valence-electron chi connectivity index (χ4n) is 2.06. The van der Waals surface area contributed by atoms with Crippen LogP contribution in [0.25, 0.3) is 6.08 Å². The lowest BCUT2D eigenvalue weighted by Gasteiger charge is -2.08. The van der Waals surface area contributed by atoms with Crippen LogP contribution in [-0.2, 0) is 11.4 Å². The van der Waals surface area contributed by atoms with Crippen molar-refractivity contribution in [3.8, 4) is 5.75 Å². The number of benzene rings is 2. The number of rotatable bonds is 4. The Morgan fingerprint density at radius 3 is 2.78 bits per heavy atom. The van der Waals surface area contributed by atoms with Gasteiger partial charge in [-0.2, -0.15) is 0 Å². The molecule has 4 nitrogen and oxygen atoms in total. The topological polar surface area (TPSA) is 62.2 Å². The van der Waals surface area contributed by atoms with Crippen molar-refractivity contribution in [1.82, 2.24) is 5.32 Å². The van der Waals surface area contributed by atoms with Crippen LogP contribution >= 0.6 is 11.8 Å². The van der Waals surface area contributed by atoms with Gasteiger partial charge in [0.15, 0.2) is 5.17 Å². The summed E-state index contributed by atoms with van der Waals surface area (Å²) in [5.41, 5.74) is 1.26. The minimum atomic E-state index is -0.302. The first-order valence-corrected chi connectivity index (χ1v) is 7.69. The molecule has 1 fully saturated rings. The number of ether oxygens (including phenoxy) is 1. The summed E-state index contributed by atoms with van der Waals surface area (Å²) in [5, 5.41) is 9.97. The van der Waals surface area contributed by atoms with Crippen molar-refractivity contribution < 1.29 is 13.9 Å². The molecule has 0 aliphatic carbocycles. The second-order valence-electron chi connectivity index (χ2n) is 4.85. The van der Waals surface area contributed by atoms with E-state index in [9.17, 15) is 9.18 Å². The highest BCUT2D eigenvalue weighted by atomic mass is 32.2. The van der Waals surface area contributed by atoms with Crippen molar-refractivity contribution in [1.29, 1.82) is 5.41 Å². The number of amidine groups is 1. The molecule has 2 N–H and O–H groups in total. The predicted molar refractivity (Wildman–Crippen MR) is 88.6 cm³/mol. The minimum absolute atomic E-state index is 0.119. The monoisotopic (exact) mass is 328 g/mol. The number of hydrogen-bond acceptors (Lipinski definition) is 4. The second kappa shape index (κ2) is 6.66. The van der Waals surface area contributed by atoms with Crippen LogP contribution in [0.15, 0.2) is 53.4 Å². The van der Waals surface area contributed by atoms with Crippen LogP contribution in [-0.4, -0.2) is 11.1 Å². The van der Waals surface area contributed by atoms with Gasteiger partial charge in [0.2, 0.25) is 0 Å². The molecule has 6 heteroatoms. The number of thioether (sulfide) groups is 1. The summed E-state index contributed by atoms with van der Waals surface area (Å²) in [4.78, 5) is 12.1. The highest BCUT2D eigenvalue weighted by molar-refractivity contribution is 8.18. The number of amides is 1. The molecule has 0 aromatic heterocycles. The molecule has 2 aromatic carbocycles. The molecule has 0 atom stereocenters. The first-order valence-electron chi connectivity index (χ1n) is 6.87. The van der Waals surface area contributed by atoms with E-state index in [0.717, 1.165) is 17.3 Å². The molecule has 3 rings (SSSR count). The molecule has 0 unspecified atom stereocenters. The normalized spacial score (nSPS) is 15.8. The quantitative estimate of drug-likeness (QED) is 0.844. The van der Waals surface area contributed by atoms with Gasteiger partial charge in [0.25, 0.3) is 5.91 Å². The Morgan fingerprint density at radius 2 is 2.04 bits per heavy atom. The molecule has 2 aromatic rings. The van der Waals surface area contributed by atoms with Crippen LogP contribution in [0.2, 0.25) is 0 Å². The Labute approximate surface area is 136 Å². The third kappa shape index (κ3) is 3.78. The fraction of sp³-hybridized carbons (Fsp3) is 0.0588. The van der Waals surface area contributed by atoms with Gasteiger partial charge in [-0.3, -0.25) is 10.2 Å². The maximum Gasteiger partial charge on any atom is 0.264 e. The summed E-state index contributed by atoms with van der Waals surface area (Å²) in [6.45, 7) is 0.132. The Balaban J connectivity index is 1.73. The zero-order chi connectivity index (χ0) is 16.2. The summed E-state index contributed by atoms with van der Waals surface area (Å²) in [5.74, 6) is 0.00192. The molecule has 1 saturated heterocycles. The summed E-state index contributed by atoms with van der Waals surface area (Å²) in [7, 11) is 0. The van der Waals surface area contributed by atoms with E-state index in [1.165, 1.54) is 6.07 Å². The zero-order valence-electron chi connectivity index (χ0n) is 12.0. The summed E-state index contributed by atoms with van der Waals surface area (Å²) in [6.07, 6.45) is 1.69. The van der Waals surface area contributed by atoms with Crippen molar-refractivity contribution in [2.45, 2.75) is 6.61 Å². The molecule has 0 saturated carbocycles. The first kappa shape index (κ1) is 15.3. The van der Waals surface area contributed by atoms with Gasteiger partial charge in [-0.05, 0) is 41.6 Å². The lowest BCUT2D eigenvalue weighted by atomic mass is 10.2. The van der Waals surface area contributed by atoms with Gasteiger partial charge in [-0.15, -0.1) is 0 Å². The van der Waals surface area contributed by atoms with Crippen molar-refractivity contribution in [3.05, 3.63) is 70.4 Å². The van der Waals surface area contributed by atoms with E-state index in [1.54, 1.807) is 42.5 Å². The molecule has 1 aliphatic rings. The minimum Gasteiger partial charge on any atom is -0.489 e. The first-order chi connectivity index (χ1) is 11.1. The Kier molecular flexibility index (Phi) is 4.43. The van der Waals surface area contributed by atoms with Gasteiger partial charge in [-0.25, -0.2) is 4.39 Å². The molecule has 1 heterocycles. The molecule has 0 radical (unpaired) electrons. The lowest BCUT2D eigenvalue weighted by Crippen LogP contribution is -2.18.